The maximum absolute atomic E-state index is 11.3. The van der Waals surface area contributed by atoms with E-state index in [1.165, 1.54) is 6.07 Å². The Morgan fingerprint density at radius 3 is 2.33 bits per heavy atom. The van der Waals surface area contributed by atoms with E-state index in [1.807, 2.05) is 13.8 Å². The van der Waals surface area contributed by atoms with E-state index in [2.05, 4.69) is 6.07 Å². The van der Waals surface area contributed by atoms with Gasteiger partial charge in [0.15, 0.2) is 0 Å². The van der Waals surface area contributed by atoms with Crippen LogP contribution in [-0.2, 0) is 0 Å². The molecule has 2 aromatic carbocycles. The van der Waals surface area contributed by atoms with Crippen LogP contribution in [0.25, 0.3) is 0 Å². The van der Waals surface area contributed by atoms with Crippen LogP contribution in [0.5, 0.6) is 11.5 Å². The number of benzene rings is 2. The van der Waals surface area contributed by atoms with Crippen LogP contribution >= 0.6 is 0 Å². The molecule has 2 rings (SSSR count). The molecule has 0 unspecified atom stereocenters. The molecule has 0 saturated carbocycles. The fourth-order valence-corrected chi connectivity index (χ4v) is 2.11. The van der Waals surface area contributed by atoms with Crippen LogP contribution in [0.4, 0.5) is 5.69 Å². The fraction of sp³-hybridized carbons (Fsp3) is 0.125. The number of carbonyl (C=O) groups is 1. The molecular weight excluding hydrogens is 266 g/mol. The number of nitrogens with zero attached hydrogens (tertiary/aromatic N) is 1. The highest BCUT2D eigenvalue weighted by Crippen LogP contribution is 2.31. The molecule has 0 spiro atoms. The molecule has 0 fully saturated rings. The second-order valence-electron chi connectivity index (χ2n) is 4.77. The first-order valence-corrected chi connectivity index (χ1v) is 6.31. The van der Waals surface area contributed by atoms with Crippen LogP contribution in [-0.4, -0.2) is 5.91 Å². The van der Waals surface area contributed by atoms with E-state index in [4.69, 9.17) is 21.5 Å². The Bertz CT molecular complexity index is 738. The summed E-state index contributed by atoms with van der Waals surface area (Å²) in [5, 5.41) is 8.94. The molecule has 0 aromatic heterocycles. The lowest BCUT2D eigenvalue weighted by molar-refractivity contribution is 0.100. The average Bonchev–Trinajstić information content (AvgIpc) is 2.43. The molecule has 5 heteroatoms. The van der Waals surface area contributed by atoms with Gasteiger partial charge in [-0.05, 0) is 55.3 Å². The molecule has 0 saturated heterocycles. The Labute approximate surface area is 122 Å². The molecule has 0 radical (unpaired) electrons. The average molecular weight is 281 g/mol. The number of hydrogen-bond acceptors (Lipinski definition) is 4. The summed E-state index contributed by atoms with van der Waals surface area (Å²) in [4.78, 5) is 11.3. The molecule has 0 aliphatic heterocycles. The molecule has 1 amide bonds. The molecule has 2 aromatic rings. The van der Waals surface area contributed by atoms with Crippen LogP contribution in [0.1, 0.15) is 27.0 Å². The Balaban J connectivity index is 2.42. The summed E-state index contributed by atoms with van der Waals surface area (Å²) in [5.41, 5.74) is 13.7. The van der Waals surface area contributed by atoms with Crippen molar-refractivity contribution in [1.82, 2.24) is 0 Å². The molecule has 0 aliphatic carbocycles. The molecular formula is C16H15N3O2. The summed E-state index contributed by atoms with van der Waals surface area (Å²) >= 11 is 0. The van der Waals surface area contributed by atoms with Crippen LogP contribution in [0.2, 0.25) is 0 Å². The number of amides is 1. The summed E-state index contributed by atoms with van der Waals surface area (Å²) in [7, 11) is 0. The van der Waals surface area contributed by atoms with Crippen LogP contribution in [0.3, 0.4) is 0 Å². The molecule has 5 nitrogen and oxygen atoms in total. The number of primary amides is 1. The quantitative estimate of drug-likeness (QED) is 0.844. The number of hydrogen-bond donors (Lipinski definition) is 2. The minimum absolute atomic E-state index is 0.219. The van der Waals surface area contributed by atoms with Gasteiger partial charge in [0.1, 0.15) is 11.5 Å². The first kappa shape index (κ1) is 14.4. The molecule has 4 N–H and O–H groups in total. The lowest BCUT2D eigenvalue weighted by atomic mass is 10.1. The van der Waals surface area contributed by atoms with Gasteiger partial charge in [0.25, 0.3) is 5.91 Å². The van der Waals surface area contributed by atoms with E-state index in [0.29, 0.717) is 22.7 Å². The van der Waals surface area contributed by atoms with Crippen LogP contribution < -0.4 is 16.2 Å². The number of carbonyl (C=O) groups excluding carboxylic acids is 1. The third kappa shape index (κ3) is 2.95. The van der Waals surface area contributed by atoms with Gasteiger partial charge in [-0.1, -0.05) is 0 Å². The largest absolute Gasteiger partial charge is 0.457 e. The minimum atomic E-state index is -0.605. The van der Waals surface area contributed by atoms with Gasteiger partial charge in [-0.3, -0.25) is 4.79 Å². The van der Waals surface area contributed by atoms with Gasteiger partial charge in [0, 0.05) is 5.69 Å². The number of rotatable bonds is 3. The maximum atomic E-state index is 11.3. The topological polar surface area (TPSA) is 102 Å². The lowest BCUT2D eigenvalue weighted by Gasteiger charge is -2.13. The highest BCUT2D eigenvalue weighted by atomic mass is 16.5. The monoisotopic (exact) mass is 281 g/mol. The number of anilines is 1. The zero-order chi connectivity index (χ0) is 15.6. The van der Waals surface area contributed by atoms with E-state index >= 15 is 0 Å². The molecule has 106 valence electrons. The van der Waals surface area contributed by atoms with Crippen molar-refractivity contribution >= 4 is 11.6 Å². The Morgan fingerprint density at radius 1 is 1.19 bits per heavy atom. The van der Waals surface area contributed by atoms with Crippen molar-refractivity contribution in [2.45, 2.75) is 13.8 Å². The number of aryl methyl sites for hydroxylation is 2. The molecule has 0 atom stereocenters. The second kappa shape index (κ2) is 5.55. The summed E-state index contributed by atoms with van der Waals surface area (Å²) in [6.07, 6.45) is 0. The standard InChI is InChI=1S/C16H15N3O2/c1-9-5-11(8-17)6-10(2)15(9)21-12-3-4-14(18)13(7-12)16(19)20/h3-7H,18H2,1-2H3,(H2,19,20). The normalized spacial score (nSPS) is 9.95. The van der Waals surface area contributed by atoms with Gasteiger partial charge in [0.2, 0.25) is 0 Å². The van der Waals surface area contributed by atoms with Crippen molar-refractivity contribution in [2.75, 3.05) is 5.73 Å². The SMILES string of the molecule is Cc1cc(C#N)cc(C)c1Oc1ccc(N)c(C(N)=O)c1. The summed E-state index contributed by atoms with van der Waals surface area (Å²) in [5.74, 6) is 0.509. The lowest BCUT2D eigenvalue weighted by Crippen LogP contribution is -2.13. The highest BCUT2D eigenvalue weighted by Gasteiger charge is 2.11. The Kier molecular flexibility index (Phi) is 3.81. The summed E-state index contributed by atoms with van der Waals surface area (Å²) < 4.78 is 5.81. The van der Waals surface area contributed by atoms with Gasteiger partial charge in [0.05, 0.1) is 17.2 Å². The van der Waals surface area contributed by atoms with Gasteiger partial charge in [-0.2, -0.15) is 5.26 Å². The fourth-order valence-electron chi connectivity index (χ4n) is 2.11. The number of nitrogen functional groups attached to an aromatic ring is 1. The van der Waals surface area contributed by atoms with E-state index in [9.17, 15) is 4.79 Å². The number of nitriles is 1. The van der Waals surface area contributed by atoms with Crippen molar-refractivity contribution in [2.24, 2.45) is 5.73 Å². The van der Waals surface area contributed by atoms with Crippen molar-refractivity contribution < 1.29 is 9.53 Å². The smallest absolute Gasteiger partial charge is 0.250 e. The van der Waals surface area contributed by atoms with Crippen LogP contribution in [0, 0.1) is 25.2 Å². The zero-order valence-electron chi connectivity index (χ0n) is 11.8. The van der Waals surface area contributed by atoms with Crippen molar-refractivity contribution in [1.29, 1.82) is 5.26 Å². The van der Waals surface area contributed by atoms with E-state index in [0.717, 1.165) is 11.1 Å². The van der Waals surface area contributed by atoms with Crippen molar-refractivity contribution in [3.05, 3.63) is 52.6 Å². The molecule has 0 bridgehead atoms. The number of ether oxygens (including phenoxy) is 1. The van der Waals surface area contributed by atoms with E-state index in [1.54, 1.807) is 24.3 Å². The van der Waals surface area contributed by atoms with E-state index in [-0.39, 0.29) is 5.56 Å². The number of nitrogens with two attached hydrogens (primary N) is 2. The Hall–Kier alpha value is -3.00. The first-order chi connectivity index (χ1) is 9.92. The van der Waals surface area contributed by atoms with Crippen molar-refractivity contribution in [3.63, 3.8) is 0 Å². The predicted molar refractivity (Wildman–Crippen MR) is 80.1 cm³/mol. The van der Waals surface area contributed by atoms with E-state index < -0.39 is 5.91 Å². The maximum Gasteiger partial charge on any atom is 0.250 e. The third-order valence-corrected chi connectivity index (χ3v) is 3.10. The summed E-state index contributed by atoms with van der Waals surface area (Å²) in [6, 6.07) is 10.3. The van der Waals surface area contributed by atoms with Gasteiger partial charge >= 0.3 is 0 Å². The second-order valence-corrected chi connectivity index (χ2v) is 4.77. The van der Waals surface area contributed by atoms with Crippen LogP contribution in [0.15, 0.2) is 30.3 Å². The Morgan fingerprint density at radius 2 is 1.81 bits per heavy atom. The van der Waals surface area contributed by atoms with Gasteiger partial charge in [-0.25, -0.2) is 0 Å². The third-order valence-electron chi connectivity index (χ3n) is 3.10. The molecule has 21 heavy (non-hydrogen) atoms. The predicted octanol–water partition coefficient (Wildman–Crippen LogP) is 2.65. The first-order valence-electron chi connectivity index (χ1n) is 6.31. The zero-order valence-corrected chi connectivity index (χ0v) is 11.8. The van der Waals surface area contributed by atoms with Crippen molar-refractivity contribution in [3.8, 4) is 17.6 Å². The highest BCUT2D eigenvalue weighted by molar-refractivity contribution is 5.98. The summed E-state index contributed by atoms with van der Waals surface area (Å²) in [6.45, 7) is 3.71. The minimum Gasteiger partial charge on any atom is -0.457 e. The molecule has 0 aliphatic rings. The van der Waals surface area contributed by atoms with Gasteiger partial charge < -0.3 is 16.2 Å². The molecule has 0 heterocycles. The van der Waals surface area contributed by atoms with Gasteiger partial charge in [-0.15, -0.1) is 0 Å².